The summed E-state index contributed by atoms with van der Waals surface area (Å²) in [5.41, 5.74) is 2.09. The fourth-order valence-corrected chi connectivity index (χ4v) is 4.90. The number of aryl methyl sites for hydroxylation is 1. The Bertz CT molecular complexity index is 1060. The van der Waals surface area contributed by atoms with E-state index in [1.165, 1.54) is 0 Å². The average Bonchev–Trinajstić information content (AvgIpc) is 3.37. The molecule has 2 saturated heterocycles. The van der Waals surface area contributed by atoms with E-state index in [2.05, 4.69) is 20.6 Å². The number of nitrogens with one attached hydrogen (secondary N) is 1. The number of fused-ring (bicyclic) bond motifs is 2. The summed E-state index contributed by atoms with van der Waals surface area (Å²) in [5.74, 6) is 0.0309. The predicted octanol–water partition coefficient (Wildman–Crippen LogP) is 3.35. The van der Waals surface area contributed by atoms with Crippen molar-refractivity contribution < 1.29 is 18.6 Å². The fourth-order valence-electron chi connectivity index (χ4n) is 4.12. The monoisotopic (exact) mass is 433 g/mol. The minimum absolute atomic E-state index is 0.0309. The number of ether oxygens (including phenoxy) is 1. The van der Waals surface area contributed by atoms with Crippen LogP contribution in [0.1, 0.15) is 25.0 Å². The number of phenols is 1. The Morgan fingerprint density at radius 2 is 2.07 bits per heavy atom. The lowest BCUT2D eigenvalue weighted by Gasteiger charge is -2.43. The van der Waals surface area contributed by atoms with Crippen molar-refractivity contribution in [2.24, 2.45) is 0 Å². The molecule has 2 aromatic heterocycles. The van der Waals surface area contributed by atoms with Gasteiger partial charge in [-0.3, -0.25) is 0 Å². The molecule has 10 heteroatoms. The molecule has 1 aromatic carbocycles. The first-order valence-electron chi connectivity index (χ1n) is 9.88. The van der Waals surface area contributed by atoms with Gasteiger partial charge in [-0.2, -0.15) is 5.10 Å². The highest BCUT2D eigenvalue weighted by Gasteiger charge is 2.45. The topological polar surface area (TPSA) is 85.1 Å². The van der Waals surface area contributed by atoms with Crippen molar-refractivity contribution in [3.05, 3.63) is 36.2 Å². The van der Waals surface area contributed by atoms with E-state index < -0.39 is 30.5 Å². The second-order valence-electron chi connectivity index (χ2n) is 7.79. The summed E-state index contributed by atoms with van der Waals surface area (Å²) < 4.78 is 36.2. The number of phenolic OH excluding ortho intramolecular Hbond substituents is 1. The zero-order valence-electron chi connectivity index (χ0n) is 16.2. The van der Waals surface area contributed by atoms with Crippen LogP contribution in [0.2, 0.25) is 0 Å². The van der Waals surface area contributed by atoms with Gasteiger partial charge in [0, 0.05) is 30.8 Å². The van der Waals surface area contributed by atoms with Crippen molar-refractivity contribution >= 4 is 11.3 Å². The zero-order chi connectivity index (χ0) is 20.8. The standard InChI is InChI=1S/C20H21F2N5O2S/c1-10-6-7-27(26-10)11-2-3-12(16(28)8-11)19-24-25-20(30-19)29-17-9-15-13(21)4-5-14(23-15)18(17)22/h2-3,6-8,13-15,17-18,23,28H,4-5,9H2,1H3. The number of benzene rings is 1. The van der Waals surface area contributed by atoms with Gasteiger partial charge in [-0.1, -0.05) is 16.4 Å². The highest BCUT2D eigenvalue weighted by molar-refractivity contribution is 7.16. The SMILES string of the molecule is Cc1ccn(-c2ccc(-c3nnc(OC4CC5NC(CCC5F)C4F)s3)c(O)c2)n1. The Hall–Kier alpha value is -2.59. The van der Waals surface area contributed by atoms with E-state index in [1.807, 2.05) is 25.3 Å². The molecule has 0 spiro atoms. The van der Waals surface area contributed by atoms with Crippen LogP contribution in [0.15, 0.2) is 30.5 Å². The fraction of sp³-hybridized carbons (Fsp3) is 0.450. The van der Waals surface area contributed by atoms with E-state index in [9.17, 15) is 13.9 Å². The molecule has 0 radical (unpaired) electrons. The number of aromatic nitrogens is 4. The largest absolute Gasteiger partial charge is 0.507 e. The molecule has 0 amide bonds. The molecule has 158 valence electrons. The van der Waals surface area contributed by atoms with Crippen molar-refractivity contribution in [1.82, 2.24) is 25.3 Å². The van der Waals surface area contributed by atoms with Crippen LogP contribution < -0.4 is 10.1 Å². The van der Waals surface area contributed by atoms with E-state index in [4.69, 9.17) is 4.74 Å². The van der Waals surface area contributed by atoms with Crippen LogP contribution in [0, 0.1) is 6.92 Å². The number of piperidine rings is 2. The summed E-state index contributed by atoms with van der Waals surface area (Å²) in [6, 6.07) is 6.23. The molecule has 2 aliphatic rings. The number of aromatic hydroxyl groups is 1. The van der Waals surface area contributed by atoms with E-state index in [0.717, 1.165) is 17.0 Å². The lowest BCUT2D eigenvalue weighted by atomic mass is 9.83. The van der Waals surface area contributed by atoms with Crippen LogP contribution in [-0.4, -0.2) is 55.6 Å². The second kappa shape index (κ2) is 7.59. The molecule has 4 heterocycles. The summed E-state index contributed by atoms with van der Waals surface area (Å²) in [4.78, 5) is 0. The van der Waals surface area contributed by atoms with Gasteiger partial charge < -0.3 is 15.2 Å². The maximum absolute atomic E-state index is 14.7. The molecule has 0 aliphatic carbocycles. The molecular formula is C20H21F2N5O2S. The summed E-state index contributed by atoms with van der Waals surface area (Å²) in [6.45, 7) is 1.89. The van der Waals surface area contributed by atoms with Gasteiger partial charge >= 0.3 is 0 Å². The van der Waals surface area contributed by atoms with E-state index in [0.29, 0.717) is 29.1 Å². The van der Waals surface area contributed by atoms with E-state index in [1.54, 1.807) is 16.8 Å². The molecule has 5 unspecified atom stereocenters. The zero-order valence-corrected chi connectivity index (χ0v) is 17.0. The summed E-state index contributed by atoms with van der Waals surface area (Å²) in [7, 11) is 0. The molecular weight excluding hydrogens is 412 g/mol. The van der Waals surface area contributed by atoms with Crippen LogP contribution in [0.5, 0.6) is 10.9 Å². The number of hydrogen-bond acceptors (Lipinski definition) is 7. The lowest BCUT2D eigenvalue weighted by Crippen LogP contribution is -2.62. The van der Waals surface area contributed by atoms with Gasteiger partial charge in [0.15, 0.2) is 11.2 Å². The first kappa shape index (κ1) is 19.4. The maximum atomic E-state index is 14.7. The highest BCUT2D eigenvalue weighted by Crippen LogP contribution is 2.37. The minimum Gasteiger partial charge on any atom is -0.507 e. The van der Waals surface area contributed by atoms with Gasteiger partial charge in [-0.15, -0.1) is 5.10 Å². The van der Waals surface area contributed by atoms with Crippen molar-refractivity contribution in [3.8, 4) is 27.2 Å². The molecule has 3 aromatic rings. The highest BCUT2D eigenvalue weighted by atomic mass is 32.1. The summed E-state index contributed by atoms with van der Waals surface area (Å²) >= 11 is 1.12. The van der Waals surface area contributed by atoms with Gasteiger partial charge in [0.25, 0.3) is 5.19 Å². The smallest absolute Gasteiger partial charge is 0.294 e. The predicted molar refractivity (Wildman–Crippen MR) is 108 cm³/mol. The quantitative estimate of drug-likeness (QED) is 0.656. The minimum atomic E-state index is -1.23. The second-order valence-corrected chi connectivity index (χ2v) is 8.73. The molecule has 0 saturated carbocycles. The number of hydrogen-bond donors (Lipinski definition) is 2. The molecule has 2 N–H and O–H groups in total. The van der Waals surface area contributed by atoms with Crippen molar-refractivity contribution in [2.75, 3.05) is 0 Å². The third-order valence-corrected chi connectivity index (χ3v) is 6.55. The van der Waals surface area contributed by atoms with Gasteiger partial charge in [0.2, 0.25) is 0 Å². The van der Waals surface area contributed by atoms with Gasteiger partial charge in [0.1, 0.15) is 18.0 Å². The van der Waals surface area contributed by atoms with Crippen LogP contribution in [0.4, 0.5) is 8.78 Å². The van der Waals surface area contributed by atoms with Crippen LogP contribution >= 0.6 is 11.3 Å². The van der Waals surface area contributed by atoms with Crippen LogP contribution in [-0.2, 0) is 0 Å². The van der Waals surface area contributed by atoms with Gasteiger partial charge in [0.05, 0.1) is 16.9 Å². The maximum Gasteiger partial charge on any atom is 0.294 e. The number of nitrogens with zero attached hydrogens (tertiary/aromatic N) is 4. The molecule has 7 nitrogen and oxygen atoms in total. The normalized spacial score (nSPS) is 28.4. The van der Waals surface area contributed by atoms with Gasteiger partial charge in [-0.25, -0.2) is 13.5 Å². The third kappa shape index (κ3) is 3.54. The number of alkyl halides is 2. The Kier molecular flexibility index (Phi) is 4.90. The van der Waals surface area contributed by atoms with Crippen molar-refractivity contribution in [2.45, 2.75) is 56.7 Å². The summed E-state index contributed by atoms with van der Waals surface area (Å²) in [6.07, 6.45) is -0.0895. The molecule has 2 aliphatic heterocycles. The molecule has 30 heavy (non-hydrogen) atoms. The van der Waals surface area contributed by atoms with E-state index in [-0.39, 0.29) is 17.4 Å². The first-order valence-corrected chi connectivity index (χ1v) is 10.7. The molecule has 5 atom stereocenters. The average molecular weight is 433 g/mol. The third-order valence-electron chi connectivity index (χ3n) is 5.70. The molecule has 2 fully saturated rings. The Morgan fingerprint density at radius 3 is 2.83 bits per heavy atom. The Balaban J connectivity index is 1.33. The van der Waals surface area contributed by atoms with E-state index >= 15 is 0 Å². The van der Waals surface area contributed by atoms with Crippen molar-refractivity contribution in [1.29, 1.82) is 0 Å². The van der Waals surface area contributed by atoms with Crippen molar-refractivity contribution in [3.63, 3.8) is 0 Å². The Labute approximate surface area is 175 Å². The number of rotatable bonds is 4. The van der Waals surface area contributed by atoms with Gasteiger partial charge in [-0.05, 0) is 38.0 Å². The molecule has 5 rings (SSSR count). The lowest BCUT2D eigenvalue weighted by molar-refractivity contribution is -0.0145. The summed E-state index contributed by atoms with van der Waals surface area (Å²) in [5, 5.41) is 26.6. The Morgan fingerprint density at radius 1 is 1.20 bits per heavy atom. The van der Waals surface area contributed by atoms with Crippen LogP contribution in [0.3, 0.4) is 0 Å². The molecule has 2 bridgehead atoms. The van der Waals surface area contributed by atoms with Crippen LogP contribution in [0.25, 0.3) is 16.3 Å². The first-order chi connectivity index (χ1) is 14.5. The number of halogens is 2.